The van der Waals surface area contributed by atoms with Gasteiger partial charge in [0.05, 0.1) is 24.8 Å². The minimum atomic E-state index is -0.0846. The second-order valence-electron chi connectivity index (χ2n) is 3.53. The molecule has 16 heavy (non-hydrogen) atoms. The van der Waals surface area contributed by atoms with Gasteiger partial charge in [-0.1, -0.05) is 0 Å². The Morgan fingerprint density at radius 3 is 2.75 bits per heavy atom. The molecule has 0 spiro atoms. The summed E-state index contributed by atoms with van der Waals surface area (Å²) in [5.74, 6) is 0.762. The predicted octanol–water partition coefficient (Wildman–Crippen LogP) is 1.20. The third kappa shape index (κ3) is 2.38. The van der Waals surface area contributed by atoms with Gasteiger partial charge in [-0.25, -0.2) is 0 Å². The van der Waals surface area contributed by atoms with Gasteiger partial charge in [-0.3, -0.25) is 0 Å². The van der Waals surface area contributed by atoms with Gasteiger partial charge in [0.1, 0.15) is 0 Å². The second kappa shape index (κ2) is 4.76. The first-order valence-corrected chi connectivity index (χ1v) is 4.95. The molecule has 0 saturated heterocycles. The second-order valence-corrected chi connectivity index (χ2v) is 3.53. The zero-order chi connectivity index (χ0) is 11.4. The van der Waals surface area contributed by atoms with Crippen molar-refractivity contribution in [1.82, 2.24) is 10.2 Å². The Labute approximate surface area is 93.3 Å². The van der Waals surface area contributed by atoms with E-state index in [1.54, 1.807) is 18.6 Å². The molecule has 0 amide bonds. The fourth-order valence-corrected chi connectivity index (χ4v) is 1.38. The van der Waals surface area contributed by atoms with Crippen molar-refractivity contribution in [2.75, 3.05) is 11.9 Å². The molecule has 0 radical (unpaired) electrons. The van der Waals surface area contributed by atoms with Gasteiger partial charge in [0, 0.05) is 19.2 Å². The largest absolute Gasteiger partial charge is 0.472 e. The van der Waals surface area contributed by atoms with Crippen molar-refractivity contribution in [2.45, 2.75) is 13.2 Å². The Hall–Kier alpha value is -1.88. The third-order valence-corrected chi connectivity index (χ3v) is 2.26. The standard InChI is InChI=1S/C11H13N3O2/c1-14(6-9-4-5-16-8-9)11-3-2-10(7-15)12-13-11/h2-5,8,15H,6-7H2,1H3. The molecule has 5 nitrogen and oxygen atoms in total. The third-order valence-electron chi connectivity index (χ3n) is 2.26. The highest BCUT2D eigenvalue weighted by atomic mass is 16.3. The van der Waals surface area contributed by atoms with Crippen molar-refractivity contribution in [3.63, 3.8) is 0 Å². The maximum atomic E-state index is 8.85. The van der Waals surface area contributed by atoms with E-state index in [-0.39, 0.29) is 6.61 Å². The maximum Gasteiger partial charge on any atom is 0.151 e. The first kappa shape index (κ1) is 10.6. The molecule has 0 aliphatic rings. The van der Waals surface area contributed by atoms with Crippen molar-refractivity contribution in [1.29, 1.82) is 0 Å². The van der Waals surface area contributed by atoms with Gasteiger partial charge in [0.25, 0.3) is 0 Å². The Bertz CT molecular complexity index is 425. The van der Waals surface area contributed by atoms with Crippen LogP contribution in [0.4, 0.5) is 5.82 Å². The van der Waals surface area contributed by atoms with E-state index in [4.69, 9.17) is 9.52 Å². The Balaban J connectivity index is 2.05. The summed E-state index contributed by atoms with van der Waals surface area (Å²) in [7, 11) is 1.93. The minimum Gasteiger partial charge on any atom is -0.472 e. The summed E-state index contributed by atoms with van der Waals surface area (Å²) in [5, 5.41) is 16.7. The molecule has 0 unspecified atom stereocenters. The number of rotatable bonds is 4. The average molecular weight is 219 g/mol. The molecular weight excluding hydrogens is 206 g/mol. The van der Waals surface area contributed by atoms with E-state index in [0.717, 1.165) is 11.4 Å². The lowest BCUT2D eigenvalue weighted by molar-refractivity contribution is 0.275. The van der Waals surface area contributed by atoms with Crippen LogP contribution in [0.15, 0.2) is 35.1 Å². The zero-order valence-corrected chi connectivity index (χ0v) is 9.00. The lowest BCUT2D eigenvalue weighted by Gasteiger charge is -2.16. The first-order chi connectivity index (χ1) is 7.79. The molecule has 0 bridgehead atoms. The van der Waals surface area contributed by atoms with Crippen LogP contribution < -0.4 is 4.90 Å². The summed E-state index contributed by atoms with van der Waals surface area (Å²) in [5.41, 5.74) is 1.65. The van der Waals surface area contributed by atoms with E-state index in [2.05, 4.69) is 10.2 Å². The number of aliphatic hydroxyl groups excluding tert-OH is 1. The van der Waals surface area contributed by atoms with Crippen LogP contribution in [0.2, 0.25) is 0 Å². The topological polar surface area (TPSA) is 62.4 Å². The molecule has 0 atom stereocenters. The molecule has 2 heterocycles. The zero-order valence-electron chi connectivity index (χ0n) is 9.00. The minimum absolute atomic E-state index is 0.0846. The van der Waals surface area contributed by atoms with Gasteiger partial charge in [-0.2, -0.15) is 5.10 Å². The van der Waals surface area contributed by atoms with Crippen LogP contribution in [0.5, 0.6) is 0 Å². The number of anilines is 1. The Morgan fingerprint density at radius 1 is 1.31 bits per heavy atom. The number of hydrogen-bond acceptors (Lipinski definition) is 5. The molecule has 0 aliphatic heterocycles. The quantitative estimate of drug-likeness (QED) is 0.837. The summed E-state index contributed by atoms with van der Waals surface area (Å²) >= 11 is 0. The van der Waals surface area contributed by atoms with Crippen LogP contribution in [-0.4, -0.2) is 22.4 Å². The van der Waals surface area contributed by atoms with E-state index in [1.807, 2.05) is 24.1 Å². The smallest absolute Gasteiger partial charge is 0.151 e. The van der Waals surface area contributed by atoms with Crippen molar-refractivity contribution in [3.8, 4) is 0 Å². The highest BCUT2D eigenvalue weighted by Gasteiger charge is 2.05. The number of aromatic nitrogens is 2. The molecule has 84 valence electrons. The van der Waals surface area contributed by atoms with Crippen molar-refractivity contribution < 1.29 is 9.52 Å². The van der Waals surface area contributed by atoms with Gasteiger partial charge in [-0.05, 0) is 18.2 Å². The highest BCUT2D eigenvalue weighted by molar-refractivity contribution is 5.37. The molecule has 2 aromatic rings. The molecule has 0 aromatic carbocycles. The van der Waals surface area contributed by atoms with Gasteiger partial charge >= 0.3 is 0 Å². The van der Waals surface area contributed by atoms with E-state index >= 15 is 0 Å². The van der Waals surface area contributed by atoms with Crippen LogP contribution >= 0.6 is 0 Å². The first-order valence-electron chi connectivity index (χ1n) is 4.95. The van der Waals surface area contributed by atoms with Gasteiger partial charge in [0.15, 0.2) is 5.82 Å². The van der Waals surface area contributed by atoms with Crippen LogP contribution in [-0.2, 0) is 13.2 Å². The van der Waals surface area contributed by atoms with E-state index < -0.39 is 0 Å². The Kier molecular flexibility index (Phi) is 3.16. The summed E-state index contributed by atoms with van der Waals surface area (Å²) < 4.78 is 4.99. The molecular formula is C11H13N3O2. The Morgan fingerprint density at radius 2 is 2.19 bits per heavy atom. The summed E-state index contributed by atoms with van der Waals surface area (Å²) in [6.07, 6.45) is 3.34. The fourth-order valence-electron chi connectivity index (χ4n) is 1.38. The molecule has 0 saturated carbocycles. The molecule has 5 heteroatoms. The van der Waals surface area contributed by atoms with E-state index in [1.165, 1.54) is 0 Å². The average Bonchev–Trinajstić information content (AvgIpc) is 2.82. The highest BCUT2D eigenvalue weighted by Crippen LogP contribution is 2.12. The number of aliphatic hydroxyl groups is 1. The number of furan rings is 1. The molecule has 1 N–H and O–H groups in total. The summed E-state index contributed by atoms with van der Waals surface area (Å²) in [6, 6.07) is 5.50. The van der Waals surface area contributed by atoms with Crippen LogP contribution in [0.3, 0.4) is 0 Å². The molecule has 0 aliphatic carbocycles. The summed E-state index contributed by atoms with van der Waals surface area (Å²) in [6.45, 7) is 0.627. The lowest BCUT2D eigenvalue weighted by atomic mass is 10.3. The molecule has 0 fully saturated rings. The number of hydrogen-bond donors (Lipinski definition) is 1. The van der Waals surface area contributed by atoms with E-state index in [9.17, 15) is 0 Å². The van der Waals surface area contributed by atoms with E-state index in [0.29, 0.717) is 12.2 Å². The predicted molar refractivity (Wildman–Crippen MR) is 58.8 cm³/mol. The van der Waals surface area contributed by atoms with Crippen LogP contribution in [0.25, 0.3) is 0 Å². The SMILES string of the molecule is CN(Cc1ccoc1)c1ccc(CO)nn1. The van der Waals surface area contributed by atoms with Crippen molar-refractivity contribution in [3.05, 3.63) is 42.0 Å². The summed E-state index contributed by atoms with van der Waals surface area (Å²) in [4.78, 5) is 1.96. The van der Waals surface area contributed by atoms with Crippen LogP contribution in [0, 0.1) is 0 Å². The van der Waals surface area contributed by atoms with Crippen molar-refractivity contribution in [2.24, 2.45) is 0 Å². The maximum absolute atomic E-state index is 8.85. The van der Waals surface area contributed by atoms with Gasteiger partial charge in [0.2, 0.25) is 0 Å². The normalized spacial score (nSPS) is 10.4. The lowest BCUT2D eigenvalue weighted by Crippen LogP contribution is -2.17. The number of nitrogens with zero attached hydrogens (tertiary/aromatic N) is 3. The molecule has 2 rings (SSSR count). The van der Waals surface area contributed by atoms with Gasteiger partial charge < -0.3 is 14.4 Å². The monoisotopic (exact) mass is 219 g/mol. The van der Waals surface area contributed by atoms with Gasteiger partial charge in [-0.15, -0.1) is 5.10 Å². The van der Waals surface area contributed by atoms with Crippen LogP contribution in [0.1, 0.15) is 11.3 Å². The van der Waals surface area contributed by atoms with Crippen molar-refractivity contribution >= 4 is 5.82 Å². The fraction of sp³-hybridized carbons (Fsp3) is 0.273. The molecule has 2 aromatic heterocycles.